The highest BCUT2D eigenvalue weighted by molar-refractivity contribution is 5.11. The van der Waals surface area contributed by atoms with Crippen molar-refractivity contribution in [3.63, 3.8) is 0 Å². The third kappa shape index (κ3) is 4.40. The molecule has 1 heterocycles. The fraction of sp³-hybridized carbons (Fsp3) is 0.769. The summed E-state index contributed by atoms with van der Waals surface area (Å²) in [4.78, 5) is 0. The number of rotatable bonds is 7. The van der Waals surface area contributed by atoms with Crippen LogP contribution >= 0.6 is 0 Å². The molecular formula is C13H26N4O. The third-order valence-electron chi connectivity index (χ3n) is 2.97. The molecule has 0 aliphatic carbocycles. The first-order chi connectivity index (χ1) is 8.43. The second-order valence-electron chi connectivity index (χ2n) is 5.29. The van der Waals surface area contributed by atoms with Gasteiger partial charge in [-0.3, -0.25) is 4.68 Å². The maximum absolute atomic E-state index is 9.37. The number of aromatic nitrogens is 2. The molecule has 4 N–H and O–H groups in total. The zero-order chi connectivity index (χ0) is 13.7. The van der Waals surface area contributed by atoms with Crippen LogP contribution in [0.3, 0.4) is 0 Å². The predicted octanol–water partition coefficient (Wildman–Crippen LogP) is 1.21. The second-order valence-corrected chi connectivity index (χ2v) is 5.29. The van der Waals surface area contributed by atoms with Crippen LogP contribution < -0.4 is 11.1 Å². The molecule has 104 valence electrons. The van der Waals surface area contributed by atoms with Crippen LogP contribution in [0.5, 0.6) is 0 Å². The Hall–Kier alpha value is -0.910. The minimum absolute atomic E-state index is 0.0891. The summed E-state index contributed by atoms with van der Waals surface area (Å²) in [6, 6.07) is 0.666. The van der Waals surface area contributed by atoms with Gasteiger partial charge in [-0.25, -0.2) is 0 Å². The summed E-state index contributed by atoms with van der Waals surface area (Å²) in [6.07, 6.45) is 4.31. The van der Waals surface area contributed by atoms with Crippen LogP contribution in [0, 0.1) is 0 Å². The molecule has 0 aliphatic heterocycles. The number of hydrogen-bond donors (Lipinski definition) is 3. The molecule has 0 amide bonds. The first kappa shape index (κ1) is 15.1. The van der Waals surface area contributed by atoms with Gasteiger partial charge in [0.15, 0.2) is 0 Å². The van der Waals surface area contributed by atoms with Crippen LogP contribution in [-0.4, -0.2) is 33.6 Å². The van der Waals surface area contributed by atoms with Gasteiger partial charge in [0.2, 0.25) is 0 Å². The Morgan fingerprint density at radius 2 is 2.06 bits per heavy atom. The van der Waals surface area contributed by atoms with E-state index in [0.717, 1.165) is 12.0 Å². The van der Waals surface area contributed by atoms with E-state index in [1.54, 1.807) is 6.92 Å². The average molecular weight is 254 g/mol. The SMILES string of the molecule is CC(O)CC(C)NC(CN)c1cnn(C(C)C)c1. The molecule has 0 spiro atoms. The van der Waals surface area contributed by atoms with Crippen molar-refractivity contribution in [3.05, 3.63) is 18.0 Å². The Balaban J connectivity index is 2.64. The number of nitrogens with one attached hydrogen (secondary N) is 1. The Morgan fingerprint density at radius 3 is 2.50 bits per heavy atom. The molecule has 1 rings (SSSR count). The lowest BCUT2D eigenvalue weighted by atomic mass is 10.1. The van der Waals surface area contributed by atoms with Crippen LogP contribution in [0.4, 0.5) is 0 Å². The van der Waals surface area contributed by atoms with Gasteiger partial charge in [0.1, 0.15) is 0 Å². The van der Waals surface area contributed by atoms with Gasteiger partial charge >= 0.3 is 0 Å². The molecular weight excluding hydrogens is 228 g/mol. The van der Waals surface area contributed by atoms with Crippen molar-refractivity contribution in [1.29, 1.82) is 0 Å². The Bertz CT molecular complexity index is 349. The van der Waals surface area contributed by atoms with Crippen molar-refractivity contribution in [2.24, 2.45) is 5.73 Å². The summed E-state index contributed by atoms with van der Waals surface area (Å²) in [5.74, 6) is 0. The molecule has 5 heteroatoms. The first-order valence-electron chi connectivity index (χ1n) is 6.62. The Kier molecular flexibility index (Phi) is 5.78. The predicted molar refractivity (Wildman–Crippen MR) is 73.3 cm³/mol. The molecule has 0 bridgehead atoms. The maximum atomic E-state index is 9.37. The summed E-state index contributed by atoms with van der Waals surface area (Å²) in [6.45, 7) is 8.57. The number of hydrogen-bond acceptors (Lipinski definition) is 4. The summed E-state index contributed by atoms with van der Waals surface area (Å²) in [5, 5.41) is 17.1. The van der Waals surface area contributed by atoms with E-state index in [-0.39, 0.29) is 18.2 Å². The summed E-state index contributed by atoms with van der Waals surface area (Å²) in [7, 11) is 0. The third-order valence-corrected chi connectivity index (χ3v) is 2.97. The first-order valence-corrected chi connectivity index (χ1v) is 6.62. The molecule has 0 saturated carbocycles. The monoisotopic (exact) mass is 254 g/mol. The molecule has 3 atom stereocenters. The zero-order valence-electron chi connectivity index (χ0n) is 11.8. The van der Waals surface area contributed by atoms with Gasteiger partial charge in [-0.2, -0.15) is 5.10 Å². The van der Waals surface area contributed by atoms with Crippen LogP contribution in [0.25, 0.3) is 0 Å². The van der Waals surface area contributed by atoms with E-state index < -0.39 is 0 Å². The van der Waals surface area contributed by atoms with Gasteiger partial charge in [0.25, 0.3) is 0 Å². The van der Waals surface area contributed by atoms with Gasteiger partial charge < -0.3 is 16.2 Å². The topological polar surface area (TPSA) is 76.1 Å². The average Bonchev–Trinajstić information content (AvgIpc) is 2.74. The normalized spacial score (nSPS) is 16.8. The summed E-state index contributed by atoms with van der Waals surface area (Å²) >= 11 is 0. The minimum atomic E-state index is -0.302. The fourth-order valence-electron chi connectivity index (χ4n) is 2.04. The largest absolute Gasteiger partial charge is 0.393 e. The van der Waals surface area contributed by atoms with Crippen molar-refractivity contribution in [3.8, 4) is 0 Å². The lowest BCUT2D eigenvalue weighted by Crippen LogP contribution is -2.36. The van der Waals surface area contributed by atoms with E-state index in [0.29, 0.717) is 12.6 Å². The van der Waals surface area contributed by atoms with E-state index in [4.69, 9.17) is 5.73 Å². The van der Waals surface area contributed by atoms with E-state index >= 15 is 0 Å². The summed E-state index contributed by atoms with van der Waals surface area (Å²) < 4.78 is 1.93. The highest BCUT2D eigenvalue weighted by Gasteiger charge is 2.16. The molecule has 0 aliphatic rings. The smallest absolute Gasteiger partial charge is 0.0538 e. The van der Waals surface area contributed by atoms with Crippen molar-refractivity contribution >= 4 is 0 Å². The highest BCUT2D eigenvalue weighted by Crippen LogP contribution is 2.15. The minimum Gasteiger partial charge on any atom is -0.393 e. The molecule has 1 aromatic rings. The zero-order valence-corrected chi connectivity index (χ0v) is 11.8. The maximum Gasteiger partial charge on any atom is 0.0538 e. The number of aliphatic hydroxyl groups excluding tert-OH is 1. The molecule has 3 unspecified atom stereocenters. The highest BCUT2D eigenvalue weighted by atomic mass is 16.3. The van der Waals surface area contributed by atoms with Gasteiger partial charge in [0, 0.05) is 36.4 Å². The van der Waals surface area contributed by atoms with Crippen molar-refractivity contribution in [2.45, 2.75) is 58.3 Å². The standard InChI is InChI=1S/C13H26N4O/c1-9(2)17-8-12(7-15-17)13(6-14)16-10(3)5-11(4)18/h7-11,13,16,18H,5-6,14H2,1-4H3. The molecule has 0 aromatic carbocycles. The second kappa shape index (κ2) is 6.87. The Labute approximate surface area is 109 Å². The van der Waals surface area contributed by atoms with Crippen molar-refractivity contribution in [2.75, 3.05) is 6.54 Å². The van der Waals surface area contributed by atoms with E-state index in [2.05, 4.69) is 31.2 Å². The van der Waals surface area contributed by atoms with E-state index in [1.165, 1.54) is 0 Å². The Morgan fingerprint density at radius 1 is 1.39 bits per heavy atom. The van der Waals surface area contributed by atoms with Crippen molar-refractivity contribution < 1.29 is 5.11 Å². The number of aliphatic hydroxyl groups is 1. The molecule has 0 saturated heterocycles. The van der Waals surface area contributed by atoms with Gasteiger partial charge in [-0.1, -0.05) is 0 Å². The molecule has 0 radical (unpaired) electrons. The quantitative estimate of drug-likeness (QED) is 0.683. The molecule has 0 fully saturated rings. The lowest BCUT2D eigenvalue weighted by molar-refractivity contribution is 0.168. The lowest BCUT2D eigenvalue weighted by Gasteiger charge is -2.22. The summed E-state index contributed by atoms with van der Waals surface area (Å²) in [5.41, 5.74) is 6.91. The van der Waals surface area contributed by atoms with Gasteiger partial charge in [-0.15, -0.1) is 0 Å². The van der Waals surface area contributed by atoms with E-state index in [9.17, 15) is 5.11 Å². The van der Waals surface area contributed by atoms with Crippen LogP contribution in [-0.2, 0) is 0 Å². The van der Waals surface area contributed by atoms with Gasteiger partial charge in [0.05, 0.1) is 12.3 Å². The van der Waals surface area contributed by atoms with Crippen LogP contribution in [0.15, 0.2) is 12.4 Å². The fourth-order valence-corrected chi connectivity index (χ4v) is 2.04. The van der Waals surface area contributed by atoms with E-state index in [1.807, 2.05) is 17.1 Å². The molecule has 18 heavy (non-hydrogen) atoms. The number of nitrogens with zero attached hydrogens (tertiary/aromatic N) is 2. The van der Waals surface area contributed by atoms with Crippen LogP contribution in [0.2, 0.25) is 0 Å². The van der Waals surface area contributed by atoms with Crippen molar-refractivity contribution in [1.82, 2.24) is 15.1 Å². The number of nitrogens with two attached hydrogens (primary N) is 1. The molecule has 5 nitrogen and oxygen atoms in total. The molecule has 1 aromatic heterocycles. The van der Waals surface area contributed by atoms with Gasteiger partial charge in [-0.05, 0) is 34.1 Å². The van der Waals surface area contributed by atoms with Crippen LogP contribution in [0.1, 0.15) is 51.8 Å².